The Bertz CT molecular complexity index is 1650. The van der Waals surface area contributed by atoms with Crippen LogP contribution in [0.4, 0.5) is 0 Å². The molecule has 192 valence electrons. The van der Waals surface area contributed by atoms with E-state index in [2.05, 4.69) is 20.1 Å². The summed E-state index contributed by atoms with van der Waals surface area (Å²) >= 11 is 0. The van der Waals surface area contributed by atoms with Gasteiger partial charge in [0.05, 0.1) is 31.2 Å². The quantitative estimate of drug-likeness (QED) is 0.317. The number of benzene rings is 2. The maximum absolute atomic E-state index is 12.9. The summed E-state index contributed by atoms with van der Waals surface area (Å²) in [7, 11) is 1.77. The molecule has 0 saturated heterocycles. The molecule has 0 atom stereocenters. The Balaban J connectivity index is 1.34. The van der Waals surface area contributed by atoms with E-state index in [4.69, 9.17) is 4.74 Å². The number of carbonyl (C=O) groups is 2. The van der Waals surface area contributed by atoms with E-state index in [0.717, 1.165) is 11.1 Å². The average molecular weight is 512 g/mol. The molecule has 0 unspecified atom stereocenters. The minimum Gasteiger partial charge on any atom is -0.462 e. The molecule has 0 saturated carbocycles. The lowest BCUT2D eigenvalue weighted by molar-refractivity contribution is 0.0526. The van der Waals surface area contributed by atoms with Gasteiger partial charge in [0.15, 0.2) is 11.2 Å². The number of hydrogen-bond acceptors (Lipinski definition) is 7. The monoisotopic (exact) mass is 511 g/mol. The number of carbonyl (C=O) groups excluding carboxylic acids is 2. The molecule has 38 heavy (non-hydrogen) atoms. The minimum absolute atomic E-state index is 0.0762. The zero-order valence-corrected chi connectivity index (χ0v) is 20.9. The van der Waals surface area contributed by atoms with Crippen LogP contribution in [-0.4, -0.2) is 59.7 Å². The lowest BCUT2D eigenvalue weighted by atomic mass is 10.1. The predicted molar refractivity (Wildman–Crippen MR) is 139 cm³/mol. The van der Waals surface area contributed by atoms with Crippen molar-refractivity contribution in [2.75, 3.05) is 13.7 Å². The third-order valence-corrected chi connectivity index (χ3v) is 5.94. The standard InChI is InChI=1S/C27H25N7O4/c1-3-38-26(37)21-13-29-34(16-21)27-30-23-22(24(35)31-27)28-17-33(23)15-19-9-11-20(12-10-19)25(36)32(2)14-18-7-5-4-6-8-18/h4-13,16-17H,3,14-15H2,1-2H3,(H,30,31,35). The topological polar surface area (TPSA) is 128 Å². The number of nitrogens with one attached hydrogen (secondary N) is 1. The number of imidazole rings is 1. The second-order valence-corrected chi connectivity index (χ2v) is 8.67. The molecule has 11 nitrogen and oxygen atoms in total. The maximum Gasteiger partial charge on any atom is 0.341 e. The van der Waals surface area contributed by atoms with Crippen LogP contribution in [0.2, 0.25) is 0 Å². The van der Waals surface area contributed by atoms with Gasteiger partial charge in [-0.1, -0.05) is 42.5 Å². The summed E-state index contributed by atoms with van der Waals surface area (Å²) in [5.74, 6) is -0.449. The zero-order valence-electron chi connectivity index (χ0n) is 20.9. The third-order valence-electron chi connectivity index (χ3n) is 5.94. The number of aromatic nitrogens is 6. The van der Waals surface area contributed by atoms with Crippen LogP contribution in [0.3, 0.4) is 0 Å². The van der Waals surface area contributed by atoms with E-state index in [-0.39, 0.29) is 29.5 Å². The van der Waals surface area contributed by atoms with Gasteiger partial charge in [0.2, 0.25) is 5.95 Å². The number of ether oxygens (including phenoxy) is 1. The summed E-state index contributed by atoms with van der Waals surface area (Å²) in [5, 5.41) is 4.12. The molecule has 1 N–H and O–H groups in total. The first-order valence-electron chi connectivity index (χ1n) is 12.0. The van der Waals surface area contributed by atoms with Gasteiger partial charge in [0.1, 0.15) is 0 Å². The number of H-pyrrole nitrogens is 1. The molecule has 5 rings (SSSR count). The van der Waals surface area contributed by atoms with E-state index >= 15 is 0 Å². The molecule has 0 spiro atoms. The number of hydrogen-bond donors (Lipinski definition) is 1. The van der Waals surface area contributed by atoms with Gasteiger partial charge in [-0.05, 0) is 30.2 Å². The Kier molecular flexibility index (Phi) is 6.81. The first-order valence-corrected chi connectivity index (χ1v) is 12.0. The van der Waals surface area contributed by atoms with Crippen LogP contribution >= 0.6 is 0 Å². The van der Waals surface area contributed by atoms with Gasteiger partial charge in [-0.15, -0.1) is 0 Å². The molecule has 11 heteroatoms. The van der Waals surface area contributed by atoms with Crippen molar-refractivity contribution in [2.24, 2.45) is 0 Å². The Morgan fingerprint density at radius 1 is 1.03 bits per heavy atom. The summed E-state index contributed by atoms with van der Waals surface area (Å²) in [4.78, 5) is 50.5. The Morgan fingerprint density at radius 3 is 2.53 bits per heavy atom. The van der Waals surface area contributed by atoms with Crippen LogP contribution in [0.1, 0.15) is 38.8 Å². The van der Waals surface area contributed by atoms with Gasteiger partial charge < -0.3 is 14.2 Å². The largest absolute Gasteiger partial charge is 0.462 e. The molecule has 0 bridgehead atoms. The molecule has 3 heterocycles. The van der Waals surface area contributed by atoms with Gasteiger partial charge in [0, 0.05) is 25.4 Å². The SMILES string of the molecule is CCOC(=O)c1cnn(-c2nc3c(ncn3Cc3ccc(C(=O)N(C)Cc4ccccc4)cc3)c(=O)[nH]2)c1. The van der Waals surface area contributed by atoms with Crippen molar-refractivity contribution in [3.63, 3.8) is 0 Å². The van der Waals surface area contributed by atoms with Gasteiger partial charge in [-0.25, -0.2) is 14.5 Å². The summed E-state index contributed by atoms with van der Waals surface area (Å²) in [6.07, 6.45) is 4.32. The molecule has 0 aliphatic rings. The second-order valence-electron chi connectivity index (χ2n) is 8.67. The van der Waals surface area contributed by atoms with Gasteiger partial charge in [-0.3, -0.25) is 14.6 Å². The van der Waals surface area contributed by atoms with Crippen molar-refractivity contribution in [2.45, 2.75) is 20.0 Å². The van der Waals surface area contributed by atoms with Crippen LogP contribution < -0.4 is 5.56 Å². The predicted octanol–water partition coefficient (Wildman–Crippen LogP) is 2.80. The van der Waals surface area contributed by atoms with Gasteiger partial charge in [-0.2, -0.15) is 10.1 Å². The van der Waals surface area contributed by atoms with E-state index < -0.39 is 11.5 Å². The lowest BCUT2D eigenvalue weighted by Crippen LogP contribution is -2.26. The number of fused-ring (bicyclic) bond motifs is 1. The van der Waals surface area contributed by atoms with Crippen molar-refractivity contribution < 1.29 is 14.3 Å². The zero-order chi connectivity index (χ0) is 26.6. The third kappa shape index (κ3) is 5.07. The molecule has 0 aliphatic heterocycles. The van der Waals surface area contributed by atoms with Crippen molar-refractivity contribution in [1.82, 2.24) is 34.2 Å². The van der Waals surface area contributed by atoms with Crippen molar-refractivity contribution in [3.05, 3.63) is 106 Å². The lowest BCUT2D eigenvalue weighted by Gasteiger charge is -2.17. The van der Waals surface area contributed by atoms with Crippen LogP contribution in [0.15, 0.2) is 78.1 Å². The van der Waals surface area contributed by atoms with Crippen molar-refractivity contribution >= 4 is 23.0 Å². The van der Waals surface area contributed by atoms with E-state index in [1.165, 1.54) is 23.4 Å². The smallest absolute Gasteiger partial charge is 0.341 e. The van der Waals surface area contributed by atoms with E-state index in [0.29, 0.717) is 24.3 Å². The first kappa shape index (κ1) is 24.6. The van der Waals surface area contributed by atoms with Crippen LogP contribution in [0.5, 0.6) is 0 Å². The van der Waals surface area contributed by atoms with Crippen LogP contribution in [0, 0.1) is 0 Å². The minimum atomic E-state index is -0.514. The highest BCUT2D eigenvalue weighted by atomic mass is 16.5. The molecule has 0 aliphatic carbocycles. The second kappa shape index (κ2) is 10.5. The first-order chi connectivity index (χ1) is 18.4. The highest BCUT2D eigenvalue weighted by Crippen LogP contribution is 2.14. The molecule has 1 amide bonds. The average Bonchev–Trinajstić information content (AvgIpc) is 3.58. The Labute approximate surface area is 217 Å². The molecule has 2 aromatic carbocycles. The molecule has 3 aromatic heterocycles. The Morgan fingerprint density at radius 2 is 1.79 bits per heavy atom. The number of aromatic amines is 1. The number of amides is 1. The van der Waals surface area contributed by atoms with Crippen LogP contribution in [-0.2, 0) is 17.8 Å². The van der Waals surface area contributed by atoms with E-state index in [1.54, 1.807) is 35.6 Å². The fraction of sp³-hybridized carbons (Fsp3) is 0.185. The summed E-state index contributed by atoms with van der Waals surface area (Å²) < 4.78 is 8.03. The number of rotatable bonds is 8. The molecular weight excluding hydrogens is 486 g/mol. The van der Waals surface area contributed by atoms with Gasteiger partial charge in [0.25, 0.3) is 11.5 Å². The fourth-order valence-corrected chi connectivity index (χ4v) is 4.02. The summed E-state index contributed by atoms with van der Waals surface area (Å²) in [6.45, 7) is 2.85. The maximum atomic E-state index is 12.9. The van der Waals surface area contributed by atoms with Gasteiger partial charge >= 0.3 is 5.97 Å². The fourth-order valence-electron chi connectivity index (χ4n) is 4.02. The normalized spacial score (nSPS) is 11.0. The Hall–Kier alpha value is -5.06. The number of esters is 1. The van der Waals surface area contributed by atoms with Crippen molar-refractivity contribution in [1.29, 1.82) is 0 Å². The van der Waals surface area contributed by atoms with Crippen molar-refractivity contribution in [3.8, 4) is 5.95 Å². The molecule has 0 radical (unpaired) electrons. The summed E-state index contributed by atoms with van der Waals surface area (Å²) in [6, 6.07) is 17.1. The summed E-state index contributed by atoms with van der Waals surface area (Å²) in [5.41, 5.74) is 2.89. The molecular formula is C27H25N7O4. The van der Waals surface area contributed by atoms with E-state index in [1.807, 2.05) is 42.5 Å². The number of nitrogens with zero attached hydrogens (tertiary/aromatic N) is 6. The molecule has 5 aromatic rings. The van der Waals surface area contributed by atoms with E-state index in [9.17, 15) is 14.4 Å². The molecule has 0 fully saturated rings. The highest BCUT2D eigenvalue weighted by molar-refractivity contribution is 5.94. The van der Waals surface area contributed by atoms with Crippen LogP contribution in [0.25, 0.3) is 17.1 Å². The highest BCUT2D eigenvalue weighted by Gasteiger charge is 2.16.